The molecule has 7 nitrogen and oxygen atoms in total. The van der Waals surface area contributed by atoms with E-state index in [4.69, 9.17) is 5.11 Å². The molecule has 1 fully saturated rings. The van der Waals surface area contributed by atoms with E-state index in [1.807, 2.05) is 30.5 Å². The zero-order valence-electron chi connectivity index (χ0n) is 12.4. The number of hydrogen-bond donors (Lipinski definition) is 2. The van der Waals surface area contributed by atoms with Crippen LogP contribution in [-0.4, -0.2) is 59.4 Å². The van der Waals surface area contributed by atoms with Crippen LogP contribution < -0.4 is 15.1 Å². The molecule has 0 saturated carbocycles. The van der Waals surface area contributed by atoms with Gasteiger partial charge in [-0.15, -0.1) is 0 Å². The van der Waals surface area contributed by atoms with Gasteiger partial charge in [0.1, 0.15) is 23.8 Å². The van der Waals surface area contributed by atoms with Crippen molar-refractivity contribution in [3.8, 4) is 0 Å². The van der Waals surface area contributed by atoms with Crippen molar-refractivity contribution in [1.29, 1.82) is 0 Å². The SMILES string of the molecule is OCCNc1cc(N2CCN(c3ccccn3)CC2)ncn1. The highest BCUT2D eigenvalue weighted by molar-refractivity contribution is 5.50. The van der Waals surface area contributed by atoms with E-state index >= 15 is 0 Å². The Bertz CT molecular complexity index is 586. The van der Waals surface area contributed by atoms with E-state index in [2.05, 4.69) is 30.1 Å². The maximum atomic E-state index is 8.86. The molecule has 22 heavy (non-hydrogen) atoms. The Labute approximate surface area is 129 Å². The summed E-state index contributed by atoms with van der Waals surface area (Å²) < 4.78 is 0. The minimum Gasteiger partial charge on any atom is -0.395 e. The fourth-order valence-electron chi connectivity index (χ4n) is 2.51. The average molecular weight is 300 g/mol. The number of aliphatic hydroxyl groups excluding tert-OH is 1. The van der Waals surface area contributed by atoms with Crippen LogP contribution in [-0.2, 0) is 0 Å². The van der Waals surface area contributed by atoms with Crippen LogP contribution in [0.15, 0.2) is 36.8 Å². The fraction of sp³-hybridized carbons (Fsp3) is 0.400. The second-order valence-corrected chi connectivity index (χ2v) is 5.07. The lowest BCUT2D eigenvalue weighted by Gasteiger charge is -2.36. The molecule has 0 spiro atoms. The maximum absolute atomic E-state index is 8.86. The summed E-state index contributed by atoms with van der Waals surface area (Å²) in [6.45, 7) is 4.20. The van der Waals surface area contributed by atoms with Gasteiger partial charge < -0.3 is 20.2 Å². The van der Waals surface area contributed by atoms with E-state index in [-0.39, 0.29) is 6.61 Å². The van der Waals surface area contributed by atoms with Gasteiger partial charge in [0, 0.05) is 45.0 Å². The number of hydrogen-bond acceptors (Lipinski definition) is 7. The molecule has 0 aliphatic carbocycles. The van der Waals surface area contributed by atoms with Crippen LogP contribution >= 0.6 is 0 Å². The molecular weight excluding hydrogens is 280 g/mol. The number of aromatic nitrogens is 3. The molecule has 0 amide bonds. The van der Waals surface area contributed by atoms with Crippen LogP contribution in [0.2, 0.25) is 0 Å². The van der Waals surface area contributed by atoms with Crippen LogP contribution in [0.1, 0.15) is 0 Å². The zero-order valence-corrected chi connectivity index (χ0v) is 12.4. The largest absolute Gasteiger partial charge is 0.395 e. The molecule has 0 aromatic carbocycles. The normalized spacial score (nSPS) is 15.0. The van der Waals surface area contributed by atoms with Crippen molar-refractivity contribution in [2.75, 3.05) is 54.4 Å². The van der Waals surface area contributed by atoms with E-state index < -0.39 is 0 Å². The summed E-state index contributed by atoms with van der Waals surface area (Å²) in [7, 11) is 0. The first-order valence-electron chi connectivity index (χ1n) is 7.44. The molecule has 7 heteroatoms. The first-order chi connectivity index (χ1) is 10.9. The van der Waals surface area contributed by atoms with Gasteiger partial charge in [0.05, 0.1) is 6.61 Å². The van der Waals surface area contributed by atoms with E-state index in [0.717, 1.165) is 43.6 Å². The molecule has 3 heterocycles. The Kier molecular flexibility index (Phi) is 4.65. The Hall–Kier alpha value is -2.41. The first-order valence-corrected chi connectivity index (χ1v) is 7.44. The molecule has 1 saturated heterocycles. The Morgan fingerprint density at radius 1 is 1.00 bits per heavy atom. The van der Waals surface area contributed by atoms with Gasteiger partial charge in [0.2, 0.25) is 0 Å². The lowest BCUT2D eigenvalue weighted by molar-refractivity contribution is 0.311. The van der Waals surface area contributed by atoms with Crippen LogP contribution in [0.25, 0.3) is 0 Å². The topological polar surface area (TPSA) is 77.4 Å². The number of piperazine rings is 1. The summed E-state index contributed by atoms with van der Waals surface area (Å²) in [6.07, 6.45) is 3.38. The van der Waals surface area contributed by atoms with Crippen molar-refractivity contribution in [1.82, 2.24) is 15.0 Å². The number of rotatable bonds is 5. The van der Waals surface area contributed by atoms with Crippen molar-refractivity contribution in [3.05, 3.63) is 36.8 Å². The lowest BCUT2D eigenvalue weighted by Crippen LogP contribution is -2.47. The van der Waals surface area contributed by atoms with Crippen LogP contribution in [0.4, 0.5) is 17.5 Å². The smallest absolute Gasteiger partial charge is 0.134 e. The Morgan fingerprint density at radius 3 is 2.45 bits per heavy atom. The number of nitrogens with one attached hydrogen (secondary N) is 1. The molecular formula is C15H20N6O. The molecule has 2 N–H and O–H groups in total. The molecule has 1 aliphatic heterocycles. The van der Waals surface area contributed by atoms with Crippen molar-refractivity contribution in [2.24, 2.45) is 0 Å². The minimum absolute atomic E-state index is 0.0854. The van der Waals surface area contributed by atoms with Crippen molar-refractivity contribution in [2.45, 2.75) is 0 Å². The van der Waals surface area contributed by atoms with Gasteiger partial charge >= 0.3 is 0 Å². The van der Waals surface area contributed by atoms with Gasteiger partial charge in [-0.2, -0.15) is 0 Å². The predicted molar refractivity (Wildman–Crippen MR) is 86.3 cm³/mol. The van der Waals surface area contributed by atoms with E-state index in [0.29, 0.717) is 6.54 Å². The van der Waals surface area contributed by atoms with Gasteiger partial charge in [-0.1, -0.05) is 6.07 Å². The molecule has 0 atom stereocenters. The predicted octanol–water partition coefficient (Wildman–Crippen LogP) is 0.602. The third kappa shape index (κ3) is 3.43. The number of aliphatic hydroxyl groups is 1. The third-order valence-electron chi connectivity index (χ3n) is 3.65. The molecule has 2 aromatic rings. The standard InChI is InChI=1S/C15H20N6O/c22-10-5-16-13-11-15(19-12-18-13)21-8-6-20(7-9-21)14-3-1-2-4-17-14/h1-4,11-12,22H,5-10H2,(H,16,18,19). The lowest BCUT2D eigenvalue weighted by atomic mass is 10.3. The van der Waals surface area contributed by atoms with E-state index in [1.54, 1.807) is 6.33 Å². The second kappa shape index (κ2) is 7.04. The highest BCUT2D eigenvalue weighted by atomic mass is 16.3. The quantitative estimate of drug-likeness (QED) is 0.837. The summed E-state index contributed by atoms with van der Waals surface area (Å²) in [5.41, 5.74) is 0. The molecule has 0 bridgehead atoms. The van der Waals surface area contributed by atoms with Crippen LogP contribution in [0, 0.1) is 0 Å². The van der Waals surface area contributed by atoms with Gasteiger partial charge in [0.25, 0.3) is 0 Å². The summed E-state index contributed by atoms with van der Waals surface area (Å²) in [5.74, 6) is 2.68. The number of nitrogens with zero attached hydrogens (tertiary/aromatic N) is 5. The van der Waals surface area contributed by atoms with Crippen molar-refractivity contribution < 1.29 is 5.11 Å². The van der Waals surface area contributed by atoms with Crippen LogP contribution in [0.5, 0.6) is 0 Å². The third-order valence-corrected chi connectivity index (χ3v) is 3.65. The fourth-order valence-corrected chi connectivity index (χ4v) is 2.51. The summed E-state index contributed by atoms with van der Waals surface area (Å²) in [6, 6.07) is 7.91. The van der Waals surface area contributed by atoms with E-state index in [9.17, 15) is 0 Å². The molecule has 1 aliphatic rings. The Morgan fingerprint density at radius 2 is 1.77 bits per heavy atom. The number of anilines is 3. The van der Waals surface area contributed by atoms with Crippen molar-refractivity contribution in [3.63, 3.8) is 0 Å². The first kappa shape index (κ1) is 14.5. The summed E-state index contributed by atoms with van der Waals surface area (Å²) >= 11 is 0. The molecule has 0 radical (unpaired) electrons. The monoisotopic (exact) mass is 300 g/mol. The van der Waals surface area contributed by atoms with E-state index in [1.165, 1.54) is 0 Å². The zero-order chi connectivity index (χ0) is 15.2. The molecule has 2 aromatic heterocycles. The minimum atomic E-state index is 0.0854. The van der Waals surface area contributed by atoms with Crippen molar-refractivity contribution >= 4 is 17.5 Å². The summed E-state index contributed by atoms with van der Waals surface area (Å²) in [5, 5.41) is 11.9. The average Bonchev–Trinajstić information content (AvgIpc) is 2.61. The maximum Gasteiger partial charge on any atom is 0.134 e. The molecule has 3 rings (SSSR count). The van der Waals surface area contributed by atoms with Gasteiger partial charge in [-0.3, -0.25) is 0 Å². The van der Waals surface area contributed by atoms with Gasteiger partial charge in [-0.25, -0.2) is 15.0 Å². The second-order valence-electron chi connectivity index (χ2n) is 5.07. The van der Waals surface area contributed by atoms with Crippen LogP contribution in [0.3, 0.4) is 0 Å². The number of pyridine rings is 1. The van der Waals surface area contributed by atoms with Gasteiger partial charge in [0.15, 0.2) is 0 Å². The molecule has 0 unspecified atom stereocenters. The highest BCUT2D eigenvalue weighted by Crippen LogP contribution is 2.18. The van der Waals surface area contributed by atoms with Gasteiger partial charge in [-0.05, 0) is 12.1 Å². The summed E-state index contributed by atoms with van der Waals surface area (Å²) in [4.78, 5) is 17.4. The molecule has 116 valence electrons. The Balaban J connectivity index is 1.61. The highest BCUT2D eigenvalue weighted by Gasteiger charge is 2.19.